The van der Waals surface area contributed by atoms with E-state index in [0.29, 0.717) is 17.4 Å². The molecular weight excluding hydrogens is 494 g/mol. The molecule has 4 heterocycles. The summed E-state index contributed by atoms with van der Waals surface area (Å²) in [4.78, 5) is 21.9. The Morgan fingerprint density at radius 1 is 1.17 bits per heavy atom. The number of halogens is 1. The summed E-state index contributed by atoms with van der Waals surface area (Å²) in [7, 11) is 0. The first kappa shape index (κ1) is 25.1. The zero-order valence-electron chi connectivity index (χ0n) is 21.0. The van der Waals surface area contributed by atoms with Gasteiger partial charge in [0.2, 0.25) is 5.91 Å². The molecule has 1 saturated heterocycles. The lowest BCUT2D eigenvalue weighted by atomic mass is 9.99. The molecule has 36 heavy (non-hydrogen) atoms. The number of aryl methyl sites for hydroxylation is 2. The normalized spacial score (nSPS) is 17.8. The fraction of sp³-hybridized carbons (Fsp3) is 0.462. The van der Waals surface area contributed by atoms with E-state index < -0.39 is 6.04 Å². The molecule has 0 saturated carbocycles. The number of benzene rings is 1. The fourth-order valence-corrected chi connectivity index (χ4v) is 6.19. The highest BCUT2D eigenvalue weighted by Crippen LogP contribution is 2.39. The molecule has 10 heteroatoms. The Morgan fingerprint density at radius 2 is 1.92 bits per heavy atom. The number of hydrogen-bond donors (Lipinski definition) is 2. The minimum atomic E-state index is -0.440. The molecule has 2 aliphatic heterocycles. The van der Waals surface area contributed by atoms with Gasteiger partial charge < -0.3 is 15.5 Å². The van der Waals surface area contributed by atoms with E-state index in [1.165, 1.54) is 10.4 Å². The standard InChI is InChI=1S/C26H32ClN7OS/c1-16-17(2)36-26-23(16)24(19-5-7-20(27)8-6-19)30-21(25-32-31-18(3)34(25)26)15-22(35)29-9-4-12-33-13-10-28-11-14-33/h5-8,21,28H,4,9-15H2,1-3H3,(H,29,35)/t21-/m0/s1. The van der Waals surface area contributed by atoms with Crippen molar-refractivity contribution in [1.29, 1.82) is 0 Å². The molecule has 190 valence electrons. The summed E-state index contributed by atoms with van der Waals surface area (Å²) < 4.78 is 2.08. The molecule has 1 aromatic carbocycles. The van der Waals surface area contributed by atoms with Crippen molar-refractivity contribution in [2.75, 3.05) is 39.3 Å². The first-order valence-corrected chi connectivity index (χ1v) is 13.7. The van der Waals surface area contributed by atoms with Crippen LogP contribution in [0.5, 0.6) is 0 Å². The number of nitrogens with one attached hydrogen (secondary N) is 2. The van der Waals surface area contributed by atoms with Gasteiger partial charge in [-0.25, -0.2) is 0 Å². The van der Waals surface area contributed by atoms with E-state index in [4.69, 9.17) is 16.6 Å². The lowest BCUT2D eigenvalue weighted by Gasteiger charge is -2.27. The van der Waals surface area contributed by atoms with Crippen molar-refractivity contribution in [1.82, 2.24) is 30.3 Å². The van der Waals surface area contributed by atoms with Crippen molar-refractivity contribution >= 4 is 34.6 Å². The van der Waals surface area contributed by atoms with Gasteiger partial charge in [0.05, 0.1) is 12.1 Å². The average Bonchev–Trinajstić information content (AvgIpc) is 3.35. The Bertz CT molecular complexity index is 1270. The van der Waals surface area contributed by atoms with Gasteiger partial charge in [-0.05, 0) is 51.4 Å². The zero-order valence-corrected chi connectivity index (χ0v) is 22.5. The largest absolute Gasteiger partial charge is 0.356 e. The third-order valence-electron chi connectivity index (χ3n) is 6.92. The Balaban J connectivity index is 1.41. The van der Waals surface area contributed by atoms with E-state index >= 15 is 0 Å². The molecule has 2 aromatic heterocycles. The lowest BCUT2D eigenvalue weighted by molar-refractivity contribution is -0.121. The van der Waals surface area contributed by atoms with Crippen molar-refractivity contribution in [3.05, 3.63) is 62.5 Å². The van der Waals surface area contributed by atoms with Crippen molar-refractivity contribution in [3.63, 3.8) is 0 Å². The maximum Gasteiger partial charge on any atom is 0.222 e. The van der Waals surface area contributed by atoms with Crippen molar-refractivity contribution in [3.8, 4) is 5.00 Å². The Kier molecular flexibility index (Phi) is 7.52. The predicted molar refractivity (Wildman–Crippen MR) is 145 cm³/mol. The molecule has 8 nitrogen and oxygen atoms in total. The highest BCUT2D eigenvalue weighted by molar-refractivity contribution is 7.15. The van der Waals surface area contributed by atoms with Crippen molar-refractivity contribution in [2.24, 2.45) is 4.99 Å². The second-order valence-corrected chi connectivity index (χ2v) is 11.0. The molecule has 5 rings (SSSR count). The number of aliphatic imine (C=N–C) groups is 1. The number of aromatic nitrogens is 3. The quantitative estimate of drug-likeness (QED) is 0.460. The maximum absolute atomic E-state index is 13.0. The number of fused-ring (bicyclic) bond motifs is 3. The Hall–Kier alpha value is -2.59. The molecule has 0 spiro atoms. The van der Waals surface area contributed by atoms with Crippen LogP contribution in [0.2, 0.25) is 5.02 Å². The molecule has 1 fully saturated rings. The van der Waals surface area contributed by atoms with E-state index in [9.17, 15) is 4.79 Å². The van der Waals surface area contributed by atoms with Crippen LogP contribution in [0, 0.1) is 20.8 Å². The van der Waals surface area contributed by atoms with E-state index in [2.05, 4.69) is 44.1 Å². The molecule has 3 aromatic rings. The van der Waals surface area contributed by atoms with Gasteiger partial charge in [0, 0.05) is 53.8 Å². The van der Waals surface area contributed by atoms with E-state index in [1.807, 2.05) is 31.2 Å². The van der Waals surface area contributed by atoms with Gasteiger partial charge in [-0.3, -0.25) is 14.4 Å². The number of carbonyl (C=O) groups excluding carboxylic acids is 1. The number of piperazine rings is 1. The van der Waals surface area contributed by atoms with Crippen LogP contribution in [-0.2, 0) is 4.79 Å². The number of thiophene rings is 1. The van der Waals surface area contributed by atoms with Crippen LogP contribution in [-0.4, -0.2) is 70.6 Å². The summed E-state index contributed by atoms with van der Waals surface area (Å²) in [5, 5.41) is 17.1. The summed E-state index contributed by atoms with van der Waals surface area (Å²) in [6, 6.07) is 7.30. The Morgan fingerprint density at radius 3 is 2.67 bits per heavy atom. The zero-order chi connectivity index (χ0) is 25.2. The highest BCUT2D eigenvalue weighted by Gasteiger charge is 2.32. The number of carbonyl (C=O) groups is 1. The van der Waals surface area contributed by atoms with Crippen LogP contribution >= 0.6 is 22.9 Å². The van der Waals surface area contributed by atoms with E-state index in [-0.39, 0.29) is 12.3 Å². The third-order valence-corrected chi connectivity index (χ3v) is 8.36. The molecule has 1 amide bonds. The molecule has 0 aliphatic carbocycles. The van der Waals surface area contributed by atoms with Gasteiger partial charge in [0.25, 0.3) is 0 Å². The minimum Gasteiger partial charge on any atom is -0.356 e. The smallest absolute Gasteiger partial charge is 0.222 e. The van der Waals surface area contributed by atoms with Crippen molar-refractivity contribution < 1.29 is 4.79 Å². The summed E-state index contributed by atoms with van der Waals surface area (Å²) in [5.41, 5.74) is 4.09. The second-order valence-electron chi connectivity index (χ2n) is 9.40. The number of hydrogen-bond acceptors (Lipinski definition) is 7. The van der Waals surface area contributed by atoms with Crippen LogP contribution in [0.4, 0.5) is 0 Å². The van der Waals surface area contributed by atoms with Crippen LogP contribution in [0.3, 0.4) is 0 Å². The summed E-state index contributed by atoms with van der Waals surface area (Å²) in [6.45, 7) is 12.0. The topological polar surface area (TPSA) is 87.4 Å². The van der Waals surface area contributed by atoms with E-state index in [0.717, 1.165) is 66.8 Å². The summed E-state index contributed by atoms with van der Waals surface area (Å²) >= 11 is 7.89. The lowest BCUT2D eigenvalue weighted by Crippen LogP contribution is -2.44. The monoisotopic (exact) mass is 525 g/mol. The minimum absolute atomic E-state index is 0.0233. The first-order chi connectivity index (χ1) is 17.4. The van der Waals surface area contributed by atoms with Gasteiger partial charge in [-0.2, -0.15) is 0 Å². The average molecular weight is 526 g/mol. The maximum atomic E-state index is 13.0. The number of rotatable bonds is 7. The summed E-state index contributed by atoms with van der Waals surface area (Å²) in [5.74, 6) is 1.47. The van der Waals surface area contributed by atoms with Gasteiger partial charge in [0.15, 0.2) is 5.82 Å². The van der Waals surface area contributed by atoms with Crippen LogP contribution in [0.25, 0.3) is 5.00 Å². The van der Waals surface area contributed by atoms with Gasteiger partial charge >= 0.3 is 0 Å². The van der Waals surface area contributed by atoms with Gasteiger partial charge in [-0.15, -0.1) is 21.5 Å². The predicted octanol–water partition coefficient (Wildman–Crippen LogP) is 3.60. The van der Waals surface area contributed by atoms with E-state index in [1.54, 1.807) is 11.3 Å². The summed E-state index contributed by atoms with van der Waals surface area (Å²) in [6.07, 6.45) is 1.15. The first-order valence-electron chi connectivity index (χ1n) is 12.5. The van der Waals surface area contributed by atoms with Gasteiger partial charge in [-0.1, -0.05) is 23.7 Å². The molecule has 2 aliphatic rings. The van der Waals surface area contributed by atoms with Crippen LogP contribution in [0.1, 0.15) is 52.1 Å². The Labute approximate surface area is 220 Å². The molecule has 0 radical (unpaired) electrons. The van der Waals surface area contributed by atoms with Gasteiger partial charge in [0.1, 0.15) is 16.9 Å². The molecular formula is C26H32ClN7OS. The molecule has 2 N–H and O–H groups in total. The third kappa shape index (κ3) is 5.11. The number of amides is 1. The van der Waals surface area contributed by atoms with Crippen molar-refractivity contribution in [2.45, 2.75) is 39.7 Å². The SMILES string of the molecule is Cc1sc2c(c1C)C(c1ccc(Cl)cc1)=N[C@@H](CC(=O)NCCCN1CCNCC1)c1nnc(C)n1-2. The second kappa shape index (κ2) is 10.8. The molecule has 0 bridgehead atoms. The highest BCUT2D eigenvalue weighted by atomic mass is 35.5. The number of nitrogens with zero attached hydrogens (tertiary/aromatic N) is 5. The van der Waals surface area contributed by atoms with Crippen LogP contribution < -0.4 is 10.6 Å². The fourth-order valence-electron chi connectivity index (χ4n) is 4.85. The molecule has 1 atom stereocenters. The molecule has 0 unspecified atom stereocenters. The van der Waals surface area contributed by atoms with Crippen LogP contribution in [0.15, 0.2) is 29.3 Å².